The number of hydrogen-bond donors (Lipinski definition) is 1. The molecule has 0 radical (unpaired) electrons. The third kappa shape index (κ3) is 6.47. The van der Waals surface area contributed by atoms with E-state index in [2.05, 4.69) is 15.3 Å². The number of carbonyl (C=O) groups excluding carboxylic acids is 2. The number of nitrogens with one attached hydrogen (secondary N) is 1. The second-order valence-corrected chi connectivity index (χ2v) is 11.1. The summed E-state index contributed by atoms with van der Waals surface area (Å²) in [6, 6.07) is 11.4. The van der Waals surface area contributed by atoms with Gasteiger partial charge >= 0.3 is 0 Å². The molecule has 40 heavy (non-hydrogen) atoms. The van der Waals surface area contributed by atoms with Gasteiger partial charge in [0.25, 0.3) is 5.91 Å². The van der Waals surface area contributed by atoms with E-state index >= 15 is 0 Å². The van der Waals surface area contributed by atoms with Crippen LogP contribution in [0.15, 0.2) is 53.7 Å². The Labute approximate surface area is 246 Å². The number of aliphatic imine (C=N–C) groups is 1. The van der Waals surface area contributed by atoms with E-state index in [-0.39, 0.29) is 33.6 Å². The van der Waals surface area contributed by atoms with Crippen LogP contribution in [0, 0.1) is 11.7 Å². The fourth-order valence-corrected chi connectivity index (χ4v) is 5.48. The zero-order valence-corrected chi connectivity index (χ0v) is 23.9. The highest BCUT2D eigenvalue weighted by Gasteiger charge is 2.30. The average molecular weight is 604 g/mol. The minimum Gasteiger partial charge on any atom is -0.379 e. The lowest BCUT2D eigenvalue weighted by molar-refractivity contribution is -0.120. The van der Waals surface area contributed by atoms with E-state index in [1.54, 1.807) is 18.0 Å². The van der Waals surface area contributed by atoms with Gasteiger partial charge in [-0.15, -0.1) is 0 Å². The number of anilines is 1. The molecular formula is C29H26Cl3FN4O3. The summed E-state index contributed by atoms with van der Waals surface area (Å²) in [6.45, 7) is 1.58. The number of aromatic nitrogens is 1. The van der Waals surface area contributed by atoms with Crippen LogP contribution in [0.3, 0.4) is 0 Å². The Kier molecular flexibility index (Phi) is 8.71. The fraction of sp³-hybridized carbons (Fsp3) is 0.310. The molecule has 7 nitrogen and oxygen atoms in total. The quantitative estimate of drug-likeness (QED) is 0.315. The summed E-state index contributed by atoms with van der Waals surface area (Å²) in [6.07, 6.45) is 2.13. The maximum absolute atomic E-state index is 14.3. The molecule has 3 aromatic rings. The first-order valence-corrected chi connectivity index (χ1v) is 13.9. The van der Waals surface area contributed by atoms with Gasteiger partial charge in [-0.3, -0.25) is 14.6 Å². The Morgan fingerprint density at radius 3 is 2.60 bits per heavy atom. The highest BCUT2D eigenvalue weighted by atomic mass is 35.5. The first-order chi connectivity index (χ1) is 19.2. The number of ether oxygens (including phenoxy) is 1. The van der Waals surface area contributed by atoms with Crippen molar-refractivity contribution in [3.8, 4) is 0 Å². The monoisotopic (exact) mass is 602 g/mol. The maximum Gasteiger partial charge on any atom is 0.257 e. The molecule has 0 bridgehead atoms. The summed E-state index contributed by atoms with van der Waals surface area (Å²) in [5, 5.41) is 3.50. The fourth-order valence-electron chi connectivity index (χ4n) is 4.49. The van der Waals surface area contributed by atoms with Crippen LogP contribution in [0.2, 0.25) is 15.1 Å². The van der Waals surface area contributed by atoms with Crippen molar-refractivity contribution in [2.24, 2.45) is 10.9 Å². The average Bonchev–Trinajstić information content (AvgIpc) is 3.74. The van der Waals surface area contributed by atoms with E-state index in [1.165, 1.54) is 25.0 Å². The van der Waals surface area contributed by atoms with Crippen LogP contribution < -0.4 is 10.2 Å². The molecule has 1 aliphatic heterocycles. The number of rotatable bonds is 9. The molecular weight excluding hydrogens is 578 g/mol. The van der Waals surface area contributed by atoms with Gasteiger partial charge in [0.15, 0.2) is 11.9 Å². The van der Waals surface area contributed by atoms with Crippen LogP contribution in [-0.4, -0.2) is 55.4 Å². The van der Waals surface area contributed by atoms with Gasteiger partial charge in [0.05, 0.1) is 34.1 Å². The first kappa shape index (κ1) is 28.5. The molecule has 11 heteroatoms. The van der Waals surface area contributed by atoms with Crippen molar-refractivity contribution in [2.45, 2.75) is 25.4 Å². The molecule has 1 unspecified atom stereocenters. The summed E-state index contributed by atoms with van der Waals surface area (Å²) < 4.78 is 20.0. The molecule has 0 spiro atoms. The Bertz CT molecular complexity index is 1470. The lowest BCUT2D eigenvalue weighted by Gasteiger charge is -2.22. The molecule has 1 N–H and O–H groups in total. The molecule has 2 heterocycles. The van der Waals surface area contributed by atoms with Crippen molar-refractivity contribution in [1.82, 2.24) is 10.3 Å². The van der Waals surface area contributed by atoms with Crippen molar-refractivity contribution in [3.63, 3.8) is 0 Å². The highest BCUT2D eigenvalue weighted by Crippen LogP contribution is 2.33. The molecule has 1 amide bonds. The van der Waals surface area contributed by atoms with E-state index < -0.39 is 17.9 Å². The lowest BCUT2D eigenvalue weighted by Crippen LogP contribution is -2.41. The largest absolute Gasteiger partial charge is 0.379 e. The van der Waals surface area contributed by atoms with Crippen molar-refractivity contribution >= 4 is 58.0 Å². The Morgan fingerprint density at radius 1 is 1.15 bits per heavy atom. The van der Waals surface area contributed by atoms with E-state index in [0.717, 1.165) is 12.3 Å². The van der Waals surface area contributed by atoms with Crippen LogP contribution in [0.4, 0.5) is 10.2 Å². The van der Waals surface area contributed by atoms with Gasteiger partial charge in [-0.05, 0) is 42.5 Å². The standard InChI is InChI=1S/C29H26Cl3FN4O3/c1-37(8-9-40-15-16-6-7-16)28-21(13-19(33)14-34-28)29(39)36-27-24(38)10-17-4-2-3-5-20(17)26(35-27)25-22(31)11-18(30)12-23(25)32/h2-5,11-14,16,27H,6-10,15H2,1H3,(H,36,39). The predicted octanol–water partition coefficient (Wildman–Crippen LogP) is 5.76. The molecule has 1 aromatic heterocycles. The number of amides is 1. The molecule has 1 fully saturated rings. The highest BCUT2D eigenvalue weighted by molar-refractivity contribution is 6.43. The Balaban J connectivity index is 1.45. The minimum absolute atomic E-state index is 0.00341. The molecule has 1 aliphatic carbocycles. The summed E-state index contributed by atoms with van der Waals surface area (Å²) in [5.41, 5.74) is 2.04. The maximum atomic E-state index is 14.3. The summed E-state index contributed by atoms with van der Waals surface area (Å²) >= 11 is 19.2. The third-order valence-electron chi connectivity index (χ3n) is 6.77. The number of likely N-dealkylation sites (N-methyl/N-ethyl adjacent to an activating group) is 1. The van der Waals surface area contributed by atoms with Crippen molar-refractivity contribution < 1.29 is 18.7 Å². The van der Waals surface area contributed by atoms with Gasteiger partial charge in [0.2, 0.25) is 0 Å². The van der Waals surface area contributed by atoms with Crippen LogP contribution in [-0.2, 0) is 16.0 Å². The number of fused-ring (bicyclic) bond motifs is 1. The number of carbonyl (C=O) groups is 2. The van der Waals surface area contributed by atoms with Gasteiger partial charge in [0.1, 0.15) is 11.6 Å². The third-order valence-corrected chi connectivity index (χ3v) is 7.59. The molecule has 2 aliphatic rings. The van der Waals surface area contributed by atoms with E-state index in [0.29, 0.717) is 53.1 Å². The second-order valence-electron chi connectivity index (χ2n) is 9.86. The van der Waals surface area contributed by atoms with Crippen molar-refractivity contribution in [3.05, 3.63) is 91.8 Å². The molecule has 2 aromatic carbocycles. The Morgan fingerprint density at radius 2 is 1.88 bits per heavy atom. The normalized spacial score (nSPS) is 16.7. The van der Waals surface area contributed by atoms with Crippen LogP contribution in [0.1, 0.15) is 39.9 Å². The summed E-state index contributed by atoms with van der Waals surface area (Å²) in [4.78, 5) is 37.3. The molecule has 0 saturated heterocycles. The smallest absolute Gasteiger partial charge is 0.257 e. The second kappa shape index (κ2) is 12.2. The van der Waals surface area contributed by atoms with E-state index in [1.807, 2.05) is 18.2 Å². The Hall–Kier alpha value is -3.04. The number of pyridine rings is 1. The molecule has 1 saturated carbocycles. The van der Waals surface area contributed by atoms with Crippen molar-refractivity contribution in [2.75, 3.05) is 31.7 Å². The van der Waals surface area contributed by atoms with Crippen LogP contribution in [0.25, 0.3) is 0 Å². The van der Waals surface area contributed by atoms with Gasteiger partial charge in [-0.2, -0.15) is 0 Å². The summed E-state index contributed by atoms with van der Waals surface area (Å²) in [7, 11) is 1.74. The molecule has 5 rings (SSSR count). The van der Waals surface area contributed by atoms with Gasteiger partial charge in [-0.1, -0.05) is 59.1 Å². The van der Waals surface area contributed by atoms with Crippen molar-refractivity contribution in [1.29, 1.82) is 0 Å². The van der Waals surface area contributed by atoms with E-state index in [9.17, 15) is 14.0 Å². The SMILES string of the molecule is CN(CCOCC1CC1)c1ncc(F)cc1C(=O)NC1N=C(c2c(Cl)cc(Cl)cc2Cl)c2ccccc2CC1=O. The van der Waals surface area contributed by atoms with Crippen LogP contribution >= 0.6 is 34.8 Å². The van der Waals surface area contributed by atoms with Gasteiger partial charge in [0, 0.05) is 42.8 Å². The van der Waals surface area contributed by atoms with Gasteiger partial charge < -0.3 is 15.0 Å². The number of Topliss-reactive ketones (excluding diaryl/α,β-unsaturated/α-hetero) is 1. The zero-order chi connectivity index (χ0) is 28.4. The molecule has 1 atom stereocenters. The number of halogens is 4. The van der Waals surface area contributed by atoms with E-state index in [4.69, 9.17) is 39.5 Å². The number of hydrogen-bond acceptors (Lipinski definition) is 6. The minimum atomic E-state index is -1.29. The lowest BCUT2D eigenvalue weighted by atomic mass is 9.96. The number of benzene rings is 2. The van der Waals surface area contributed by atoms with Gasteiger partial charge in [-0.25, -0.2) is 9.37 Å². The first-order valence-electron chi connectivity index (χ1n) is 12.8. The van der Waals surface area contributed by atoms with Crippen LogP contribution in [0.5, 0.6) is 0 Å². The number of nitrogens with zero attached hydrogens (tertiary/aromatic N) is 3. The summed E-state index contributed by atoms with van der Waals surface area (Å²) in [5.74, 6) is -0.859. The predicted molar refractivity (Wildman–Crippen MR) is 155 cm³/mol. The zero-order valence-electron chi connectivity index (χ0n) is 21.6. The molecule has 208 valence electrons. The topological polar surface area (TPSA) is 83.9 Å². The number of ketones is 1.